The molecule has 4 heterocycles. The van der Waals surface area contributed by atoms with Crippen molar-refractivity contribution < 1.29 is 8.68 Å². The molecule has 3 aromatic heterocycles. The maximum absolute atomic E-state index is 8.04. The Morgan fingerprint density at radius 3 is 3.00 bits per heavy atom. The molecule has 4 aromatic rings. The zero-order valence-corrected chi connectivity index (χ0v) is 11.5. The van der Waals surface area contributed by atoms with Crippen LogP contribution in [0.25, 0.3) is 33.5 Å². The van der Waals surface area contributed by atoms with E-state index >= 15 is 0 Å². The van der Waals surface area contributed by atoms with Gasteiger partial charge in [0.25, 0.3) is 5.65 Å². The molecule has 1 aliphatic rings. The average molecular weight is 278 g/mol. The molecule has 5 rings (SSSR count). The van der Waals surface area contributed by atoms with Gasteiger partial charge in [0.1, 0.15) is 12.1 Å². The average Bonchev–Trinajstić information content (AvgIpc) is 3.16. The Balaban J connectivity index is 2.02. The maximum Gasteiger partial charge on any atom is 0.269 e. The van der Waals surface area contributed by atoms with Crippen molar-refractivity contribution in [3.8, 4) is 11.4 Å². The Morgan fingerprint density at radius 1 is 1.19 bits per heavy atom. The van der Waals surface area contributed by atoms with E-state index in [1.807, 2.05) is 43.4 Å². The Bertz CT molecular complexity index is 1130. The lowest BCUT2D eigenvalue weighted by atomic mass is 10.2. The first kappa shape index (κ1) is 8.62. The van der Waals surface area contributed by atoms with Crippen LogP contribution in [0.2, 0.25) is 0 Å². The first-order valence-electron chi connectivity index (χ1n) is 8.45. The highest BCUT2D eigenvalue weighted by atomic mass is 15.2. The molecule has 4 heteroatoms. The number of pyridine rings is 1. The molecule has 0 saturated heterocycles. The molecule has 102 valence electrons. The van der Waals surface area contributed by atoms with Crippen LogP contribution < -0.4 is 4.57 Å². The van der Waals surface area contributed by atoms with Crippen LogP contribution in [0.4, 0.5) is 0 Å². The number of rotatable bonds is 0. The second kappa shape index (κ2) is 3.52. The highest BCUT2D eigenvalue weighted by molar-refractivity contribution is 6.04. The van der Waals surface area contributed by atoms with Crippen LogP contribution in [0.5, 0.6) is 0 Å². The van der Waals surface area contributed by atoms with Crippen LogP contribution in [-0.2, 0) is 20.6 Å². The molecule has 0 amide bonds. The second-order valence-corrected chi connectivity index (χ2v) is 5.49. The lowest BCUT2D eigenvalue weighted by Crippen LogP contribution is -2.33. The van der Waals surface area contributed by atoms with E-state index in [0.29, 0.717) is 6.54 Å². The SMILES string of the molecule is [2H]C([2H])([2H])n1c2ccccc2c2c1[n+]1c(n2C)-c2cccnc2C1. The molecule has 1 aliphatic heterocycles. The summed E-state index contributed by atoms with van der Waals surface area (Å²) >= 11 is 0. The van der Waals surface area contributed by atoms with Gasteiger partial charge in [-0.1, -0.05) is 12.1 Å². The Hall–Kier alpha value is -2.62. The van der Waals surface area contributed by atoms with Crippen molar-refractivity contribution in [1.82, 2.24) is 14.1 Å². The number of aryl methyl sites for hydroxylation is 2. The van der Waals surface area contributed by atoms with Gasteiger partial charge in [-0.05, 0) is 24.3 Å². The van der Waals surface area contributed by atoms with Crippen LogP contribution in [0.1, 0.15) is 9.81 Å². The molecular formula is C17H15N4+. The predicted molar refractivity (Wildman–Crippen MR) is 81.9 cm³/mol. The standard InChI is InChI=1S/C17H15N4/c1-19-14-8-4-3-6-12(14)15-17(19)21-10-13-11(7-5-9-18-13)16(21)20(15)2/h3-9H,10H2,1-2H3/q+1/i1D3. The fourth-order valence-corrected chi connectivity index (χ4v) is 3.57. The summed E-state index contributed by atoms with van der Waals surface area (Å²) in [5.41, 5.74) is 4.46. The van der Waals surface area contributed by atoms with E-state index in [-0.39, 0.29) is 0 Å². The molecule has 21 heavy (non-hydrogen) atoms. The Kier molecular flexibility index (Phi) is 1.45. The number of aromatic nitrogens is 4. The normalized spacial score (nSPS) is 15.8. The van der Waals surface area contributed by atoms with Crippen molar-refractivity contribution in [2.45, 2.75) is 6.54 Å². The molecular weight excluding hydrogens is 260 g/mol. The van der Waals surface area contributed by atoms with Gasteiger partial charge in [0.2, 0.25) is 5.82 Å². The van der Waals surface area contributed by atoms with Crippen LogP contribution in [0, 0.1) is 0 Å². The van der Waals surface area contributed by atoms with E-state index in [2.05, 4.69) is 14.1 Å². The van der Waals surface area contributed by atoms with Crippen LogP contribution >= 0.6 is 0 Å². The molecule has 0 aliphatic carbocycles. The maximum atomic E-state index is 8.04. The summed E-state index contributed by atoms with van der Waals surface area (Å²) in [6, 6.07) is 11.6. The third kappa shape index (κ3) is 1.17. The van der Waals surface area contributed by atoms with Crippen LogP contribution in [-0.4, -0.2) is 14.1 Å². The topological polar surface area (TPSA) is 26.6 Å². The highest BCUT2D eigenvalue weighted by Gasteiger charge is 2.34. The molecule has 0 saturated carbocycles. The number of imidazole rings is 1. The van der Waals surface area contributed by atoms with Gasteiger partial charge >= 0.3 is 0 Å². The number of nitrogens with zero attached hydrogens (tertiary/aromatic N) is 4. The third-order valence-electron chi connectivity index (χ3n) is 4.43. The number of fused-ring (bicyclic) bond motifs is 7. The first-order chi connectivity index (χ1) is 11.5. The predicted octanol–water partition coefficient (Wildman–Crippen LogP) is 2.38. The summed E-state index contributed by atoms with van der Waals surface area (Å²) in [7, 11) is 1.99. The Labute approximate surface area is 126 Å². The second-order valence-electron chi connectivity index (χ2n) is 5.49. The highest BCUT2D eigenvalue weighted by Crippen LogP contribution is 2.34. The molecule has 4 nitrogen and oxygen atoms in total. The zero-order chi connectivity index (χ0) is 16.6. The van der Waals surface area contributed by atoms with Gasteiger partial charge in [0, 0.05) is 6.20 Å². The van der Waals surface area contributed by atoms with Gasteiger partial charge in [0.05, 0.1) is 34.8 Å². The van der Waals surface area contributed by atoms with E-state index < -0.39 is 6.98 Å². The van der Waals surface area contributed by atoms with Gasteiger partial charge in [-0.15, -0.1) is 0 Å². The lowest BCUT2D eigenvalue weighted by molar-refractivity contribution is -0.649. The zero-order valence-electron chi connectivity index (χ0n) is 14.5. The first-order valence-corrected chi connectivity index (χ1v) is 6.95. The van der Waals surface area contributed by atoms with Gasteiger partial charge in [0.15, 0.2) is 5.52 Å². The van der Waals surface area contributed by atoms with Crippen molar-refractivity contribution in [2.24, 2.45) is 14.0 Å². The van der Waals surface area contributed by atoms with Gasteiger partial charge in [-0.2, -0.15) is 0 Å². The summed E-state index contributed by atoms with van der Waals surface area (Å²) in [5, 5.41) is 0.957. The molecule has 0 spiro atoms. The number of hydrogen-bond donors (Lipinski definition) is 0. The fourth-order valence-electron chi connectivity index (χ4n) is 3.57. The van der Waals surface area contributed by atoms with Crippen molar-refractivity contribution >= 4 is 22.1 Å². The minimum absolute atomic E-state index is 0.593. The minimum atomic E-state index is -2.24. The number of para-hydroxylation sites is 1. The van der Waals surface area contributed by atoms with E-state index in [1.165, 1.54) is 4.57 Å². The van der Waals surface area contributed by atoms with E-state index in [4.69, 9.17) is 4.11 Å². The molecule has 0 atom stereocenters. The third-order valence-corrected chi connectivity index (χ3v) is 4.43. The molecule has 0 N–H and O–H groups in total. The Morgan fingerprint density at radius 2 is 2.10 bits per heavy atom. The molecule has 0 unspecified atom stereocenters. The number of benzene rings is 1. The van der Waals surface area contributed by atoms with Crippen LogP contribution in [0.3, 0.4) is 0 Å². The fraction of sp³-hybridized carbons (Fsp3) is 0.176. The summed E-state index contributed by atoms with van der Waals surface area (Å²) in [5.74, 6) is 1.01. The quantitative estimate of drug-likeness (QED) is 0.399. The lowest BCUT2D eigenvalue weighted by Gasteiger charge is -1.97. The number of hydrogen-bond acceptors (Lipinski definition) is 1. The summed E-state index contributed by atoms with van der Waals surface area (Å²) < 4.78 is 29.8. The van der Waals surface area contributed by atoms with Crippen molar-refractivity contribution in [1.29, 1.82) is 0 Å². The summed E-state index contributed by atoms with van der Waals surface area (Å²) in [6.45, 7) is -1.65. The van der Waals surface area contributed by atoms with Gasteiger partial charge in [-0.3, -0.25) is 14.1 Å². The minimum Gasteiger partial charge on any atom is -0.259 e. The van der Waals surface area contributed by atoms with E-state index in [1.54, 1.807) is 6.20 Å². The van der Waals surface area contributed by atoms with Crippen molar-refractivity contribution in [2.75, 3.05) is 0 Å². The van der Waals surface area contributed by atoms with Gasteiger partial charge < -0.3 is 0 Å². The molecule has 1 aromatic carbocycles. The molecule has 0 bridgehead atoms. The van der Waals surface area contributed by atoms with Crippen molar-refractivity contribution in [3.63, 3.8) is 0 Å². The molecule has 0 radical (unpaired) electrons. The smallest absolute Gasteiger partial charge is 0.259 e. The summed E-state index contributed by atoms with van der Waals surface area (Å²) in [4.78, 5) is 4.46. The summed E-state index contributed by atoms with van der Waals surface area (Å²) in [6.07, 6.45) is 1.78. The largest absolute Gasteiger partial charge is 0.269 e. The monoisotopic (exact) mass is 278 g/mol. The van der Waals surface area contributed by atoms with E-state index in [9.17, 15) is 0 Å². The molecule has 0 fully saturated rings. The van der Waals surface area contributed by atoms with E-state index in [0.717, 1.165) is 39.1 Å². The van der Waals surface area contributed by atoms with Crippen molar-refractivity contribution in [3.05, 3.63) is 48.3 Å². The van der Waals surface area contributed by atoms with Gasteiger partial charge in [-0.25, -0.2) is 4.57 Å². The van der Waals surface area contributed by atoms with Crippen LogP contribution in [0.15, 0.2) is 42.6 Å².